The Morgan fingerprint density at radius 2 is 1.95 bits per heavy atom. The van der Waals surface area contributed by atoms with Crippen LogP contribution in [-0.4, -0.2) is 80.5 Å². The highest BCUT2D eigenvalue weighted by Gasteiger charge is 2.48. The zero-order chi connectivity index (χ0) is 27.5. The quantitative estimate of drug-likeness (QED) is 0.396. The van der Waals surface area contributed by atoms with E-state index >= 15 is 0 Å². The molecule has 208 valence electrons. The summed E-state index contributed by atoms with van der Waals surface area (Å²) in [5, 5.41) is 34.3. The lowest BCUT2D eigenvalue weighted by atomic mass is 9.73. The van der Waals surface area contributed by atoms with Crippen molar-refractivity contribution >= 4 is 29.2 Å². The van der Waals surface area contributed by atoms with Gasteiger partial charge in [-0.25, -0.2) is 4.98 Å². The number of hydrogen-bond donors (Lipinski definition) is 3. The SMILES string of the molecule is C/C(=C\c1csc(C)n1)[C@@H]1CC2[C@@H](CCC[C@H](C)[C@H](O)[C@@H](C)C(=O)C(C)(C)[C@@H](O)CC(=O)O1)N2CCO. The molecule has 0 aliphatic carbocycles. The van der Waals surface area contributed by atoms with E-state index in [1.165, 1.54) is 0 Å². The largest absolute Gasteiger partial charge is 0.458 e. The molecular formula is C28H44N2O6S. The van der Waals surface area contributed by atoms with Crippen molar-refractivity contribution < 1.29 is 29.6 Å². The number of ether oxygens (including phenoxy) is 1. The molecule has 37 heavy (non-hydrogen) atoms. The summed E-state index contributed by atoms with van der Waals surface area (Å²) in [6.07, 6.45) is 2.19. The molecule has 2 saturated heterocycles. The number of hydrogen-bond acceptors (Lipinski definition) is 9. The Morgan fingerprint density at radius 3 is 2.57 bits per heavy atom. The number of cyclic esters (lactones) is 1. The predicted molar refractivity (Wildman–Crippen MR) is 144 cm³/mol. The van der Waals surface area contributed by atoms with Crippen LogP contribution in [0, 0.1) is 24.2 Å². The summed E-state index contributed by atoms with van der Waals surface area (Å²) in [5.74, 6) is -1.57. The molecule has 8 atom stereocenters. The fourth-order valence-corrected chi connectivity index (χ4v) is 6.22. The lowest BCUT2D eigenvalue weighted by Gasteiger charge is -2.34. The van der Waals surface area contributed by atoms with E-state index in [1.54, 1.807) is 32.1 Å². The first-order valence-electron chi connectivity index (χ1n) is 13.4. The van der Waals surface area contributed by atoms with Crippen LogP contribution in [0.1, 0.15) is 77.4 Å². The molecule has 1 aromatic rings. The zero-order valence-electron chi connectivity index (χ0n) is 23.0. The van der Waals surface area contributed by atoms with Crippen LogP contribution >= 0.6 is 11.3 Å². The predicted octanol–water partition coefficient (Wildman–Crippen LogP) is 3.37. The van der Waals surface area contributed by atoms with Crippen LogP contribution in [0.5, 0.6) is 0 Å². The van der Waals surface area contributed by atoms with Gasteiger partial charge in [-0.3, -0.25) is 14.5 Å². The van der Waals surface area contributed by atoms with Gasteiger partial charge in [0.25, 0.3) is 0 Å². The molecular weight excluding hydrogens is 492 g/mol. The van der Waals surface area contributed by atoms with Gasteiger partial charge in [-0.2, -0.15) is 0 Å². The van der Waals surface area contributed by atoms with Crippen LogP contribution in [0.2, 0.25) is 0 Å². The summed E-state index contributed by atoms with van der Waals surface area (Å²) in [6.45, 7) is 11.4. The number of carbonyl (C=O) groups is 2. The molecule has 2 unspecified atom stereocenters. The summed E-state index contributed by atoms with van der Waals surface area (Å²) >= 11 is 1.55. The van der Waals surface area contributed by atoms with Gasteiger partial charge < -0.3 is 20.1 Å². The number of nitrogens with zero attached hydrogens (tertiary/aromatic N) is 2. The molecule has 2 fully saturated rings. The molecule has 3 heterocycles. The minimum Gasteiger partial charge on any atom is -0.458 e. The van der Waals surface area contributed by atoms with Crippen molar-refractivity contribution in [1.82, 2.24) is 9.88 Å². The lowest BCUT2D eigenvalue weighted by molar-refractivity contribution is -0.154. The van der Waals surface area contributed by atoms with Crippen molar-refractivity contribution in [2.24, 2.45) is 17.3 Å². The maximum Gasteiger partial charge on any atom is 0.309 e. The molecule has 0 spiro atoms. The van der Waals surface area contributed by atoms with Gasteiger partial charge in [0.1, 0.15) is 11.9 Å². The number of esters is 1. The number of aryl methyl sites for hydroxylation is 1. The number of ketones is 1. The second-order valence-corrected chi connectivity index (χ2v) is 12.5. The molecule has 3 rings (SSSR count). The average Bonchev–Trinajstić information content (AvgIpc) is 3.29. The highest BCUT2D eigenvalue weighted by atomic mass is 32.1. The van der Waals surface area contributed by atoms with Crippen LogP contribution in [0.25, 0.3) is 6.08 Å². The van der Waals surface area contributed by atoms with E-state index in [-0.39, 0.29) is 36.8 Å². The Labute approximate surface area is 224 Å². The van der Waals surface area contributed by atoms with Crippen LogP contribution in [0.3, 0.4) is 0 Å². The third kappa shape index (κ3) is 7.26. The summed E-state index contributed by atoms with van der Waals surface area (Å²) in [5.41, 5.74) is 0.467. The third-order valence-corrected chi connectivity index (χ3v) is 9.10. The van der Waals surface area contributed by atoms with Gasteiger partial charge in [0.05, 0.1) is 41.4 Å². The average molecular weight is 537 g/mol. The number of carbonyl (C=O) groups excluding carboxylic acids is 2. The van der Waals surface area contributed by atoms with Crippen molar-refractivity contribution in [1.29, 1.82) is 0 Å². The summed E-state index contributed by atoms with van der Waals surface area (Å²) in [7, 11) is 0. The van der Waals surface area contributed by atoms with Crippen molar-refractivity contribution in [2.45, 2.75) is 104 Å². The molecule has 0 aromatic carbocycles. The topological polar surface area (TPSA) is 120 Å². The summed E-state index contributed by atoms with van der Waals surface area (Å²) in [4.78, 5) is 33.1. The minimum atomic E-state index is -1.24. The Morgan fingerprint density at radius 1 is 1.24 bits per heavy atom. The van der Waals surface area contributed by atoms with E-state index in [9.17, 15) is 24.9 Å². The first-order chi connectivity index (χ1) is 17.4. The highest BCUT2D eigenvalue weighted by molar-refractivity contribution is 7.09. The number of thiazole rings is 1. The number of aliphatic hydroxyl groups excluding tert-OH is 3. The van der Waals surface area contributed by atoms with E-state index in [0.717, 1.165) is 35.5 Å². The minimum absolute atomic E-state index is 0.0559. The van der Waals surface area contributed by atoms with E-state index in [1.807, 2.05) is 32.2 Å². The summed E-state index contributed by atoms with van der Waals surface area (Å²) in [6, 6.07) is 0.434. The lowest BCUT2D eigenvalue weighted by Crippen LogP contribution is -2.45. The normalized spacial score (nSPS) is 36.1. The number of aromatic nitrogens is 1. The molecule has 0 saturated carbocycles. The maximum atomic E-state index is 13.3. The van der Waals surface area contributed by atoms with E-state index in [2.05, 4.69) is 9.88 Å². The van der Waals surface area contributed by atoms with Crippen LogP contribution in [0.15, 0.2) is 11.0 Å². The Bertz CT molecular complexity index is 976. The van der Waals surface area contributed by atoms with Gasteiger partial charge >= 0.3 is 5.97 Å². The van der Waals surface area contributed by atoms with Crippen LogP contribution in [-0.2, 0) is 14.3 Å². The molecule has 2 aliphatic heterocycles. The molecule has 1 aromatic heterocycles. The van der Waals surface area contributed by atoms with Crippen LogP contribution in [0.4, 0.5) is 0 Å². The van der Waals surface area contributed by atoms with Gasteiger partial charge in [-0.05, 0) is 44.3 Å². The maximum absolute atomic E-state index is 13.3. The molecule has 0 amide bonds. The van der Waals surface area contributed by atoms with Gasteiger partial charge in [0.15, 0.2) is 0 Å². The molecule has 0 radical (unpaired) electrons. The molecule has 2 aliphatic rings. The highest BCUT2D eigenvalue weighted by Crippen LogP contribution is 2.39. The Hall–Kier alpha value is -1.65. The van der Waals surface area contributed by atoms with E-state index in [4.69, 9.17) is 4.74 Å². The molecule has 8 nitrogen and oxygen atoms in total. The van der Waals surface area contributed by atoms with Crippen molar-refractivity contribution in [3.05, 3.63) is 21.7 Å². The van der Waals surface area contributed by atoms with Gasteiger partial charge in [-0.15, -0.1) is 11.3 Å². The van der Waals surface area contributed by atoms with E-state index < -0.39 is 35.6 Å². The Balaban J connectivity index is 1.88. The number of β-amino-alcohol motifs (C(OH)–C–C–N with tert-alkyl or cyclic N) is 1. The monoisotopic (exact) mass is 536 g/mol. The number of rotatable bonds is 4. The van der Waals surface area contributed by atoms with Crippen molar-refractivity contribution in [3.63, 3.8) is 0 Å². The van der Waals surface area contributed by atoms with E-state index in [0.29, 0.717) is 13.0 Å². The van der Waals surface area contributed by atoms with Crippen molar-refractivity contribution in [2.75, 3.05) is 13.2 Å². The summed E-state index contributed by atoms with van der Waals surface area (Å²) < 4.78 is 5.94. The fourth-order valence-electron chi connectivity index (χ4n) is 5.65. The third-order valence-electron chi connectivity index (χ3n) is 8.31. The molecule has 9 heteroatoms. The standard InChI is InChI=1S/C28H44N2O6S/c1-16-8-7-9-21-22(30(21)10-11-31)13-23(17(2)12-20-15-37-19(4)29-20)36-25(33)14-24(32)28(5,6)27(35)18(3)26(16)34/h12,15-16,18,21-24,26,31-32,34H,7-11,13-14H2,1-6H3/b17-12+/t16-,18+,21+,22?,23-,24-,26-,30?/m0/s1. The first-order valence-corrected chi connectivity index (χ1v) is 14.3. The molecule has 0 bridgehead atoms. The zero-order valence-corrected chi connectivity index (χ0v) is 23.8. The van der Waals surface area contributed by atoms with Crippen molar-refractivity contribution in [3.8, 4) is 0 Å². The second-order valence-electron chi connectivity index (χ2n) is 11.5. The number of fused-ring (bicyclic) bond motifs is 1. The van der Waals surface area contributed by atoms with Crippen LogP contribution < -0.4 is 0 Å². The smallest absolute Gasteiger partial charge is 0.309 e. The number of aliphatic hydroxyl groups is 3. The van der Waals surface area contributed by atoms with Gasteiger partial charge in [-0.1, -0.05) is 34.1 Å². The second kappa shape index (κ2) is 12.5. The van der Waals surface area contributed by atoms with Gasteiger partial charge in [0, 0.05) is 36.3 Å². The fraction of sp³-hybridized carbons (Fsp3) is 0.750. The number of Topliss-reactive ketones (excluding diaryl/α,β-unsaturated/α-hetero) is 1. The Kier molecular flexibility index (Phi) is 10.1. The van der Waals surface area contributed by atoms with Gasteiger partial charge in [0.2, 0.25) is 0 Å². The first kappa shape index (κ1) is 29.9. The molecule has 3 N–H and O–H groups in total.